The topological polar surface area (TPSA) is 49.8 Å². The van der Waals surface area contributed by atoms with Crippen LogP contribution >= 0.6 is 0 Å². The maximum atomic E-state index is 14.0. The molecular formula is C22H20FNO3. The van der Waals surface area contributed by atoms with Crippen molar-refractivity contribution in [3.8, 4) is 11.8 Å². The normalized spacial score (nSPS) is 22.6. The minimum absolute atomic E-state index is 0.0378. The van der Waals surface area contributed by atoms with Crippen molar-refractivity contribution in [3.63, 3.8) is 0 Å². The van der Waals surface area contributed by atoms with E-state index in [0.717, 1.165) is 28.7 Å². The molecule has 0 radical (unpaired) electrons. The second-order valence-electron chi connectivity index (χ2n) is 7.17. The van der Waals surface area contributed by atoms with Crippen LogP contribution in [0.15, 0.2) is 47.6 Å². The molecule has 1 N–H and O–H groups in total. The summed E-state index contributed by atoms with van der Waals surface area (Å²) >= 11 is 0. The number of carboxylic acids is 1. The Hall–Kier alpha value is -2.84. The zero-order valence-electron chi connectivity index (χ0n) is 15.0. The van der Waals surface area contributed by atoms with Gasteiger partial charge >= 0.3 is 5.97 Å². The number of likely N-dealkylation sites (N-methyl/N-ethyl adjacent to an activating group) is 1. The molecule has 3 aliphatic rings. The van der Waals surface area contributed by atoms with E-state index < -0.39 is 5.97 Å². The molecule has 1 unspecified atom stereocenters. The van der Waals surface area contributed by atoms with Crippen LogP contribution in [-0.4, -0.2) is 42.2 Å². The van der Waals surface area contributed by atoms with E-state index in [-0.39, 0.29) is 24.4 Å². The Morgan fingerprint density at radius 2 is 2.26 bits per heavy atom. The molecule has 0 saturated carbocycles. The van der Waals surface area contributed by atoms with Crippen molar-refractivity contribution >= 4 is 11.7 Å². The molecule has 1 aromatic carbocycles. The fourth-order valence-electron chi connectivity index (χ4n) is 3.99. The van der Waals surface area contributed by atoms with Gasteiger partial charge in [-0.05, 0) is 42.8 Å². The SMILES string of the molecule is CN(CC(=O)O)C[C@H]1CC2=C(O1)c1cc(F)ccc1CC1C#CC=CC=C21. The van der Waals surface area contributed by atoms with Gasteiger partial charge in [-0.1, -0.05) is 30.1 Å². The summed E-state index contributed by atoms with van der Waals surface area (Å²) in [6, 6.07) is 4.82. The van der Waals surface area contributed by atoms with Gasteiger partial charge in [0.05, 0.1) is 6.54 Å². The zero-order valence-corrected chi connectivity index (χ0v) is 15.0. The largest absolute Gasteiger partial charge is 0.488 e. The van der Waals surface area contributed by atoms with Gasteiger partial charge in [0.15, 0.2) is 0 Å². The van der Waals surface area contributed by atoms with Crippen molar-refractivity contribution < 1.29 is 19.0 Å². The Labute approximate surface area is 157 Å². The van der Waals surface area contributed by atoms with Gasteiger partial charge in [-0.15, -0.1) is 0 Å². The fraction of sp³-hybridized carbons (Fsp3) is 0.318. The summed E-state index contributed by atoms with van der Waals surface area (Å²) < 4.78 is 20.2. The van der Waals surface area contributed by atoms with Crippen LogP contribution < -0.4 is 0 Å². The highest BCUT2D eigenvalue weighted by molar-refractivity contribution is 5.75. The van der Waals surface area contributed by atoms with Crippen LogP contribution in [0.2, 0.25) is 0 Å². The minimum Gasteiger partial charge on any atom is -0.488 e. The number of ether oxygens (including phenoxy) is 1. The summed E-state index contributed by atoms with van der Waals surface area (Å²) in [5.74, 6) is 5.95. The molecule has 0 fully saturated rings. The molecule has 0 amide bonds. The van der Waals surface area contributed by atoms with Crippen molar-refractivity contribution in [3.05, 3.63) is 64.5 Å². The lowest BCUT2D eigenvalue weighted by atomic mass is 9.88. The first kappa shape index (κ1) is 17.6. The number of carbonyl (C=O) groups is 1. The number of rotatable bonds is 4. The first-order valence-corrected chi connectivity index (χ1v) is 8.98. The maximum absolute atomic E-state index is 14.0. The Kier molecular flexibility index (Phi) is 4.59. The highest BCUT2D eigenvalue weighted by atomic mass is 19.1. The molecule has 1 aliphatic heterocycles. The number of carboxylic acid groups (broad SMARTS) is 1. The summed E-state index contributed by atoms with van der Waals surface area (Å²) in [5.41, 5.74) is 3.98. The number of fused-ring (bicyclic) bond motifs is 4. The van der Waals surface area contributed by atoms with Gasteiger partial charge < -0.3 is 9.84 Å². The lowest BCUT2D eigenvalue weighted by molar-refractivity contribution is -0.138. The van der Waals surface area contributed by atoms with E-state index in [1.54, 1.807) is 11.9 Å². The summed E-state index contributed by atoms with van der Waals surface area (Å²) in [5, 5.41) is 8.98. The van der Waals surface area contributed by atoms with E-state index in [0.29, 0.717) is 18.7 Å². The fourth-order valence-corrected chi connectivity index (χ4v) is 3.99. The van der Waals surface area contributed by atoms with Crippen LogP contribution in [0.1, 0.15) is 17.5 Å². The number of halogens is 1. The Bertz CT molecular complexity index is 948. The molecular weight excluding hydrogens is 345 g/mol. The predicted octanol–water partition coefficient (Wildman–Crippen LogP) is 3.01. The van der Waals surface area contributed by atoms with E-state index >= 15 is 0 Å². The minimum atomic E-state index is -0.871. The van der Waals surface area contributed by atoms with Crippen molar-refractivity contribution in [2.24, 2.45) is 5.92 Å². The standard InChI is InChI=1S/C22H20FNO3/c1-24(13-21(25)26)12-17-11-20-18-6-4-2-3-5-14(18)9-15-7-8-16(23)10-19(15)22(20)27-17/h2,4,6-8,10,14,17H,9,11-13H2,1H3,(H,25,26)/t14?,17-/m1/s1. The Morgan fingerprint density at radius 3 is 3.07 bits per heavy atom. The molecule has 4 nitrogen and oxygen atoms in total. The second-order valence-corrected chi connectivity index (χ2v) is 7.17. The number of benzene rings is 1. The highest BCUT2D eigenvalue weighted by Gasteiger charge is 2.35. The van der Waals surface area contributed by atoms with E-state index in [2.05, 4.69) is 17.9 Å². The summed E-state index contributed by atoms with van der Waals surface area (Å²) in [6.07, 6.45) is 7.04. The summed E-state index contributed by atoms with van der Waals surface area (Å²) in [7, 11) is 1.76. The zero-order chi connectivity index (χ0) is 19.0. The average Bonchev–Trinajstić information content (AvgIpc) is 2.80. The highest BCUT2D eigenvalue weighted by Crippen LogP contribution is 2.44. The van der Waals surface area contributed by atoms with Gasteiger partial charge in [-0.3, -0.25) is 9.69 Å². The molecule has 0 spiro atoms. The smallest absolute Gasteiger partial charge is 0.317 e. The van der Waals surface area contributed by atoms with E-state index in [1.807, 2.05) is 18.2 Å². The third kappa shape index (κ3) is 3.54. The number of hydrogen-bond donors (Lipinski definition) is 1. The molecule has 0 saturated heterocycles. The van der Waals surface area contributed by atoms with Gasteiger partial charge in [0, 0.05) is 30.0 Å². The lowest BCUT2D eigenvalue weighted by Gasteiger charge is -2.21. The molecule has 0 bridgehead atoms. The molecule has 4 rings (SSSR count). The summed E-state index contributed by atoms with van der Waals surface area (Å²) in [4.78, 5) is 12.7. The van der Waals surface area contributed by atoms with Crippen LogP contribution in [0.25, 0.3) is 5.76 Å². The first-order valence-electron chi connectivity index (χ1n) is 8.98. The molecule has 5 heteroatoms. The van der Waals surface area contributed by atoms with Crippen LogP contribution in [0, 0.1) is 23.6 Å². The monoisotopic (exact) mass is 365 g/mol. The molecule has 1 heterocycles. The van der Waals surface area contributed by atoms with Crippen molar-refractivity contribution in [2.45, 2.75) is 18.9 Å². The van der Waals surface area contributed by atoms with E-state index in [9.17, 15) is 9.18 Å². The quantitative estimate of drug-likeness (QED) is 0.834. The van der Waals surface area contributed by atoms with Crippen molar-refractivity contribution in [1.82, 2.24) is 4.90 Å². The maximum Gasteiger partial charge on any atom is 0.317 e. The van der Waals surface area contributed by atoms with Crippen LogP contribution in [0.3, 0.4) is 0 Å². The third-order valence-electron chi connectivity index (χ3n) is 5.09. The summed E-state index contributed by atoms with van der Waals surface area (Å²) in [6.45, 7) is 0.443. The van der Waals surface area contributed by atoms with Crippen LogP contribution in [0.4, 0.5) is 4.39 Å². The van der Waals surface area contributed by atoms with Gasteiger partial charge in [-0.25, -0.2) is 4.39 Å². The van der Waals surface area contributed by atoms with E-state index in [1.165, 1.54) is 12.1 Å². The van der Waals surface area contributed by atoms with Crippen LogP contribution in [0.5, 0.6) is 0 Å². The van der Waals surface area contributed by atoms with E-state index in [4.69, 9.17) is 9.84 Å². The second kappa shape index (κ2) is 7.05. The number of nitrogens with zero attached hydrogens (tertiary/aromatic N) is 1. The molecule has 1 aromatic rings. The van der Waals surface area contributed by atoms with Crippen molar-refractivity contribution in [1.29, 1.82) is 0 Å². The van der Waals surface area contributed by atoms with Gasteiger partial charge in [0.25, 0.3) is 0 Å². The Morgan fingerprint density at radius 1 is 1.41 bits per heavy atom. The molecule has 27 heavy (non-hydrogen) atoms. The van der Waals surface area contributed by atoms with Gasteiger partial charge in [0.2, 0.25) is 0 Å². The molecule has 2 aliphatic carbocycles. The number of aliphatic carboxylic acids is 1. The molecule has 138 valence electrons. The van der Waals surface area contributed by atoms with Crippen LogP contribution in [-0.2, 0) is 16.0 Å². The predicted molar refractivity (Wildman–Crippen MR) is 100 cm³/mol. The lowest BCUT2D eigenvalue weighted by Crippen LogP contribution is -2.33. The number of allylic oxidation sites excluding steroid dienone is 4. The Balaban J connectivity index is 1.71. The molecule has 2 atom stereocenters. The number of hydrogen-bond acceptors (Lipinski definition) is 3. The third-order valence-corrected chi connectivity index (χ3v) is 5.09. The first-order chi connectivity index (χ1) is 13.0. The van der Waals surface area contributed by atoms with Gasteiger partial charge in [0.1, 0.15) is 17.7 Å². The van der Waals surface area contributed by atoms with Crippen molar-refractivity contribution in [2.75, 3.05) is 20.1 Å². The average molecular weight is 365 g/mol. The van der Waals surface area contributed by atoms with Gasteiger partial charge in [-0.2, -0.15) is 0 Å². The molecule has 0 aromatic heterocycles.